The molecule has 1 N–H and O–H groups in total. The summed E-state index contributed by atoms with van der Waals surface area (Å²) in [5.41, 5.74) is 0.590. The first-order chi connectivity index (χ1) is 12.0. The average Bonchev–Trinajstić information content (AvgIpc) is 2.94. The number of halogens is 2. The summed E-state index contributed by atoms with van der Waals surface area (Å²) >= 11 is 0. The molecule has 130 valence electrons. The number of carbonyl (C=O) groups is 1. The lowest BCUT2D eigenvalue weighted by Gasteiger charge is -2.09. The molecule has 0 aliphatic carbocycles. The molecule has 7 heteroatoms. The van der Waals surface area contributed by atoms with Crippen molar-refractivity contribution in [3.05, 3.63) is 70.3 Å². The molecular formula is C18H17F2N3O2. The second-order valence-corrected chi connectivity index (χ2v) is 5.81. The normalized spacial score (nSPS) is 11.0. The summed E-state index contributed by atoms with van der Waals surface area (Å²) < 4.78 is 29.7. The molecule has 0 aliphatic rings. The number of aromatic nitrogens is 2. The van der Waals surface area contributed by atoms with Crippen LogP contribution in [0, 0.1) is 11.6 Å². The first kappa shape index (κ1) is 16.9. The molecule has 2 heterocycles. The van der Waals surface area contributed by atoms with Crippen LogP contribution in [0.25, 0.3) is 10.9 Å². The molecule has 0 fully saturated rings. The Morgan fingerprint density at radius 2 is 1.92 bits per heavy atom. The summed E-state index contributed by atoms with van der Waals surface area (Å²) in [6, 6.07) is 6.81. The van der Waals surface area contributed by atoms with Gasteiger partial charge < -0.3 is 14.5 Å². The van der Waals surface area contributed by atoms with Crippen LogP contribution in [0.1, 0.15) is 5.56 Å². The third kappa shape index (κ3) is 3.60. The van der Waals surface area contributed by atoms with Gasteiger partial charge in [0.05, 0.1) is 6.42 Å². The number of pyridine rings is 1. The van der Waals surface area contributed by atoms with Crippen LogP contribution in [0.15, 0.2) is 47.5 Å². The van der Waals surface area contributed by atoms with E-state index in [2.05, 4.69) is 5.32 Å². The first-order valence-corrected chi connectivity index (χ1v) is 7.81. The molecule has 1 aromatic carbocycles. The van der Waals surface area contributed by atoms with Crippen LogP contribution in [0.5, 0.6) is 0 Å². The number of fused-ring (bicyclic) bond motifs is 1. The topological polar surface area (TPSA) is 56.0 Å². The van der Waals surface area contributed by atoms with Gasteiger partial charge in [0.25, 0.3) is 5.56 Å². The van der Waals surface area contributed by atoms with E-state index in [9.17, 15) is 18.4 Å². The summed E-state index contributed by atoms with van der Waals surface area (Å²) in [4.78, 5) is 24.3. The van der Waals surface area contributed by atoms with Crippen molar-refractivity contribution in [3.63, 3.8) is 0 Å². The Kier molecular flexibility index (Phi) is 4.65. The number of nitrogens with zero attached hydrogens (tertiary/aromatic N) is 2. The van der Waals surface area contributed by atoms with Gasteiger partial charge in [-0.15, -0.1) is 0 Å². The van der Waals surface area contributed by atoms with Gasteiger partial charge in [-0.1, -0.05) is 6.07 Å². The number of hydrogen-bond donors (Lipinski definition) is 1. The van der Waals surface area contributed by atoms with Crippen LogP contribution in [-0.4, -0.2) is 21.6 Å². The van der Waals surface area contributed by atoms with Crippen molar-refractivity contribution in [1.82, 2.24) is 14.5 Å². The number of carbonyl (C=O) groups excluding carboxylic acids is 1. The van der Waals surface area contributed by atoms with E-state index in [0.29, 0.717) is 12.1 Å². The lowest BCUT2D eigenvalue weighted by Crippen LogP contribution is -2.32. The number of benzene rings is 1. The Bertz CT molecular complexity index is 992. The lowest BCUT2D eigenvalue weighted by atomic mass is 10.1. The smallest absolute Gasteiger partial charge is 0.275 e. The maximum atomic E-state index is 13.5. The highest BCUT2D eigenvalue weighted by Gasteiger charge is 2.10. The summed E-state index contributed by atoms with van der Waals surface area (Å²) in [5, 5.41) is 3.50. The van der Waals surface area contributed by atoms with E-state index in [1.54, 1.807) is 17.8 Å². The van der Waals surface area contributed by atoms with Crippen LogP contribution < -0.4 is 10.9 Å². The molecule has 0 bridgehead atoms. The molecule has 0 saturated carbocycles. The molecule has 0 atom stereocenters. The van der Waals surface area contributed by atoms with E-state index >= 15 is 0 Å². The highest BCUT2D eigenvalue weighted by atomic mass is 19.1. The molecule has 0 spiro atoms. The van der Waals surface area contributed by atoms with Crippen LogP contribution in [-0.2, 0) is 24.8 Å². The second kappa shape index (κ2) is 6.88. The molecule has 3 rings (SSSR count). The van der Waals surface area contributed by atoms with Gasteiger partial charge in [0, 0.05) is 44.0 Å². The van der Waals surface area contributed by atoms with Crippen molar-refractivity contribution >= 4 is 16.8 Å². The van der Waals surface area contributed by atoms with Gasteiger partial charge in [0.2, 0.25) is 5.91 Å². The zero-order valence-electron chi connectivity index (χ0n) is 13.6. The molecule has 0 saturated heterocycles. The fraction of sp³-hybridized carbons (Fsp3) is 0.222. The Morgan fingerprint density at radius 3 is 2.68 bits per heavy atom. The Balaban J connectivity index is 1.61. The SMILES string of the molecule is Cn1ccc2ccn(CCNC(=O)Cc3ccc(F)cc3F)c(=O)c21. The fourth-order valence-electron chi connectivity index (χ4n) is 2.72. The van der Waals surface area contributed by atoms with Gasteiger partial charge in [0.15, 0.2) is 0 Å². The van der Waals surface area contributed by atoms with Crippen molar-refractivity contribution in [2.45, 2.75) is 13.0 Å². The van der Waals surface area contributed by atoms with Crippen molar-refractivity contribution in [1.29, 1.82) is 0 Å². The maximum absolute atomic E-state index is 13.5. The number of hydrogen-bond acceptors (Lipinski definition) is 2. The summed E-state index contributed by atoms with van der Waals surface area (Å²) in [7, 11) is 1.80. The van der Waals surface area contributed by atoms with E-state index in [-0.39, 0.29) is 24.1 Å². The quantitative estimate of drug-likeness (QED) is 0.769. The van der Waals surface area contributed by atoms with E-state index in [4.69, 9.17) is 0 Å². The fourth-order valence-corrected chi connectivity index (χ4v) is 2.72. The summed E-state index contributed by atoms with van der Waals surface area (Å²) in [6.45, 7) is 0.537. The van der Waals surface area contributed by atoms with Crippen molar-refractivity contribution < 1.29 is 13.6 Å². The molecular weight excluding hydrogens is 328 g/mol. The van der Waals surface area contributed by atoms with Crippen LogP contribution in [0.2, 0.25) is 0 Å². The van der Waals surface area contributed by atoms with Crippen molar-refractivity contribution in [3.8, 4) is 0 Å². The minimum Gasteiger partial charge on any atom is -0.354 e. The minimum atomic E-state index is -0.750. The van der Waals surface area contributed by atoms with Gasteiger partial charge in [-0.25, -0.2) is 8.78 Å². The van der Waals surface area contributed by atoms with Crippen molar-refractivity contribution in [2.75, 3.05) is 6.54 Å². The number of amides is 1. The highest BCUT2D eigenvalue weighted by Crippen LogP contribution is 2.10. The lowest BCUT2D eigenvalue weighted by molar-refractivity contribution is -0.120. The predicted molar refractivity (Wildman–Crippen MR) is 90.3 cm³/mol. The molecule has 0 aliphatic heterocycles. The molecule has 3 aromatic rings. The zero-order chi connectivity index (χ0) is 18.0. The predicted octanol–water partition coefficient (Wildman–Crippen LogP) is 1.98. The monoisotopic (exact) mass is 345 g/mol. The molecule has 5 nitrogen and oxygen atoms in total. The Labute approximate surface area is 142 Å². The number of aryl methyl sites for hydroxylation is 1. The van der Waals surface area contributed by atoms with Crippen molar-refractivity contribution in [2.24, 2.45) is 7.05 Å². The largest absolute Gasteiger partial charge is 0.354 e. The van der Waals surface area contributed by atoms with Crippen LogP contribution in [0.3, 0.4) is 0 Å². The molecule has 2 aromatic heterocycles. The van der Waals surface area contributed by atoms with Gasteiger partial charge in [0.1, 0.15) is 17.2 Å². The highest BCUT2D eigenvalue weighted by molar-refractivity contribution is 5.79. The third-order valence-electron chi connectivity index (χ3n) is 4.04. The Hall–Kier alpha value is -2.96. The van der Waals surface area contributed by atoms with E-state index < -0.39 is 17.5 Å². The minimum absolute atomic E-state index is 0.126. The van der Waals surface area contributed by atoms with Crippen LogP contribution in [0.4, 0.5) is 8.78 Å². The zero-order valence-corrected chi connectivity index (χ0v) is 13.6. The number of rotatable bonds is 5. The van der Waals surface area contributed by atoms with Gasteiger partial charge >= 0.3 is 0 Å². The molecule has 0 radical (unpaired) electrons. The molecule has 25 heavy (non-hydrogen) atoms. The third-order valence-corrected chi connectivity index (χ3v) is 4.04. The summed E-state index contributed by atoms with van der Waals surface area (Å²) in [6.07, 6.45) is 3.31. The van der Waals surface area contributed by atoms with Crippen LogP contribution >= 0.6 is 0 Å². The van der Waals surface area contributed by atoms with E-state index in [1.165, 1.54) is 10.6 Å². The summed E-state index contributed by atoms with van der Waals surface area (Å²) in [5.74, 6) is -1.82. The maximum Gasteiger partial charge on any atom is 0.275 e. The van der Waals surface area contributed by atoms with E-state index in [1.807, 2.05) is 18.3 Å². The van der Waals surface area contributed by atoms with Gasteiger partial charge in [-0.3, -0.25) is 9.59 Å². The average molecular weight is 345 g/mol. The Morgan fingerprint density at radius 1 is 1.16 bits per heavy atom. The van der Waals surface area contributed by atoms with E-state index in [0.717, 1.165) is 17.5 Å². The van der Waals surface area contributed by atoms with Gasteiger partial charge in [-0.05, 0) is 23.8 Å². The number of nitrogens with one attached hydrogen (secondary N) is 1. The first-order valence-electron chi connectivity index (χ1n) is 7.81. The molecule has 0 unspecified atom stereocenters. The second-order valence-electron chi connectivity index (χ2n) is 5.81. The standard InChI is InChI=1S/C18H17F2N3O2/c1-22-7-4-12-5-8-23(18(25)17(12)22)9-6-21-16(24)10-13-2-3-14(19)11-15(13)20/h2-5,7-8,11H,6,9-10H2,1H3,(H,21,24). The molecule has 1 amide bonds. The van der Waals surface area contributed by atoms with Gasteiger partial charge in [-0.2, -0.15) is 0 Å².